The average Bonchev–Trinajstić information content (AvgIpc) is 2.70. The topological polar surface area (TPSA) is 63.9 Å². The molecule has 0 aromatic heterocycles. The van der Waals surface area contributed by atoms with E-state index in [1.165, 1.54) is 5.56 Å². The number of hydrogen-bond acceptors (Lipinski definition) is 4. The standard InChI is InChI=1S/C18H21NO3/c20-9-8-19-7-6-14-10-17(21)18(22)11-15(14)16(12-19)13-4-2-1-3-5-13/h1-5,10-11,16,20-22H,6-9,12H2. The molecule has 1 heterocycles. The van der Waals surface area contributed by atoms with E-state index in [1.54, 1.807) is 12.1 Å². The fourth-order valence-electron chi connectivity index (χ4n) is 3.22. The quantitative estimate of drug-likeness (QED) is 0.759. The van der Waals surface area contributed by atoms with Crippen molar-refractivity contribution in [1.29, 1.82) is 0 Å². The molecule has 0 saturated heterocycles. The summed E-state index contributed by atoms with van der Waals surface area (Å²) in [6.45, 7) is 2.40. The molecule has 4 nitrogen and oxygen atoms in total. The number of aliphatic hydroxyl groups excluding tert-OH is 1. The highest BCUT2D eigenvalue weighted by Crippen LogP contribution is 2.37. The lowest BCUT2D eigenvalue weighted by Gasteiger charge is -2.24. The van der Waals surface area contributed by atoms with Crippen LogP contribution >= 0.6 is 0 Å². The van der Waals surface area contributed by atoms with Gasteiger partial charge in [-0.3, -0.25) is 4.90 Å². The lowest BCUT2D eigenvalue weighted by molar-refractivity contribution is 0.197. The third kappa shape index (κ3) is 2.93. The lowest BCUT2D eigenvalue weighted by atomic mass is 9.87. The molecule has 0 saturated carbocycles. The molecule has 2 aromatic carbocycles. The summed E-state index contributed by atoms with van der Waals surface area (Å²) >= 11 is 0. The Labute approximate surface area is 130 Å². The third-order valence-corrected chi connectivity index (χ3v) is 4.37. The second kappa shape index (κ2) is 6.38. The molecule has 0 bridgehead atoms. The van der Waals surface area contributed by atoms with Gasteiger partial charge >= 0.3 is 0 Å². The molecule has 0 spiro atoms. The molecule has 1 aliphatic heterocycles. The molecule has 0 fully saturated rings. The third-order valence-electron chi connectivity index (χ3n) is 4.37. The maximum Gasteiger partial charge on any atom is 0.157 e. The fourth-order valence-corrected chi connectivity index (χ4v) is 3.22. The summed E-state index contributed by atoms with van der Waals surface area (Å²) < 4.78 is 0. The Balaban J connectivity index is 2.06. The minimum absolute atomic E-state index is 0.0684. The molecule has 1 aliphatic rings. The number of hydrogen-bond donors (Lipinski definition) is 3. The van der Waals surface area contributed by atoms with Gasteiger partial charge in [-0.05, 0) is 35.2 Å². The Morgan fingerprint density at radius 3 is 2.50 bits per heavy atom. The van der Waals surface area contributed by atoms with E-state index in [0.29, 0.717) is 6.54 Å². The summed E-state index contributed by atoms with van der Waals surface area (Å²) in [6, 6.07) is 13.5. The monoisotopic (exact) mass is 299 g/mol. The minimum atomic E-state index is -0.0738. The van der Waals surface area contributed by atoms with Gasteiger partial charge in [-0.25, -0.2) is 0 Å². The van der Waals surface area contributed by atoms with Crippen molar-refractivity contribution in [3.05, 3.63) is 59.2 Å². The Hall–Kier alpha value is -2.04. The van der Waals surface area contributed by atoms with Gasteiger partial charge in [0.05, 0.1) is 6.61 Å². The van der Waals surface area contributed by atoms with E-state index in [1.807, 2.05) is 18.2 Å². The maximum atomic E-state index is 9.90. The molecule has 0 aliphatic carbocycles. The summed E-state index contributed by atoms with van der Waals surface area (Å²) in [4.78, 5) is 2.23. The van der Waals surface area contributed by atoms with Gasteiger partial charge in [0.1, 0.15) is 0 Å². The first-order chi connectivity index (χ1) is 10.7. The van der Waals surface area contributed by atoms with Crippen molar-refractivity contribution in [3.63, 3.8) is 0 Å². The lowest BCUT2D eigenvalue weighted by Crippen LogP contribution is -2.31. The molecular formula is C18H21NO3. The molecule has 22 heavy (non-hydrogen) atoms. The number of benzene rings is 2. The van der Waals surface area contributed by atoms with E-state index in [-0.39, 0.29) is 24.0 Å². The number of nitrogens with zero attached hydrogens (tertiary/aromatic N) is 1. The molecular weight excluding hydrogens is 278 g/mol. The van der Waals surface area contributed by atoms with Crippen LogP contribution in [0.5, 0.6) is 11.5 Å². The van der Waals surface area contributed by atoms with Crippen LogP contribution in [-0.4, -0.2) is 46.5 Å². The van der Waals surface area contributed by atoms with Gasteiger partial charge in [-0.1, -0.05) is 30.3 Å². The Kier molecular flexibility index (Phi) is 4.32. The molecule has 0 amide bonds. The van der Waals surface area contributed by atoms with Gasteiger partial charge in [0.25, 0.3) is 0 Å². The van der Waals surface area contributed by atoms with Crippen molar-refractivity contribution >= 4 is 0 Å². The van der Waals surface area contributed by atoms with E-state index >= 15 is 0 Å². The van der Waals surface area contributed by atoms with Crippen LogP contribution in [0.2, 0.25) is 0 Å². The van der Waals surface area contributed by atoms with Gasteiger partial charge in [0.2, 0.25) is 0 Å². The van der Waals surface area contributed by atoms with Gasteiger partial charge in [-0.15, -0.1) is 0 Å². The predicted octanol–water partition coefficient (Wildman–Crippen LogP) is 2.08. The van der Waals surface area contributed by atoms with E-state index in [0.717, 1.165) is 30.6 Å². The number of aliphatic hydroxyl groups is 1. The van der Waals surface area contributed by atoms with Crippen LogP contribution in [-0.2, 0) is 6.42 Å². The van der Waals surface area contributed by atoms with Crippen LogP contribution in [0.1, 0.15) is 22.6 Å². The van der Waals surface area contributed by atoms with E-state index in [9.17, 15) is 15.3 Å². The molecule has 3 rings (SSSR count). The number of rotatable bonds is 3. The zero-order valence-electron chi connectivity index (χ0n) is 12.4. The number of aromatic hydroxyl groups is 2. The summed E-state index contributed by atoms with van der Waals surface area (Å²) in [5.41, 5.74) is 3.30. The second-order valence-electron chi connectivity index (χ2n) is 5.78. The fraction of sp³-hybridized carbons (Fsp3) is 0.333. The molecule has 1 atom stereocenters. The van der Waals surface area contributed by atoms with Crippen molar-refractivity contribution in [2.75, 3.05) is 26.2 Å². The van der Waals surface area contributed by atoms with Crippen molar-refractivity contribution < 1.29 is 15.3 Å². The largest absolute Gasteiger partial charge is 0.504 e. The van der Waals surface area contributed by atoms with Crippen LogP contribution in [0.15, 0.2) is 42.5 Å². The summed E-state index contributed by atoms with van der Waals surface area (Å²) in [6.07, 6.45) is 0.798. The Morgan fingerprint density at radius 1 is 1.05 bits per heavy atom. The highest BCUT2D eigenvalue weighted by atomic mass is 16.3. The zero-order chi connectivity index (χ0) is 15.5. The normalized spacial score (nSPS) is 18.7. The Bertz CT molecular complexity index is 642. The number of fused-ring (bicyclic) bond motifs is 1. The van der Waals surface area contributed by atoms with Crippen molar-refractivity contribution in [3.8, 4) is 11.5 Å². The summed E-state index contributed by atoms with van der Waals surface area (Å²) in [5, 5.41) is 28.9. The smallest absolute Gasteiger partial charge is 0.157 e. The minimum Gasteiger partial charge on any atom is -0.504 e. The van der Waals surface area contributed by atoms with Gasteiger partial charge in [0.15, 0.2) is 11.5 Å². The van der Waals surface area contributed by atoms with Crippen LogP contribution in [0.25, 0.3) is 0 Å². The molecule has 4 heteroatoms. The molecule has 116 valence electrons. The van der Waals surface area contributed by atoms with Gasteiger partial charge in [0, 0.05) is 25.6 Å². The summed E-state index contributed by atoms with van der Waals surface area (Å²) in [7, 11) is 0. The van der Waals surface area contributed by atoms with Crippen molar-refractivity contribution in [2.24, 2.45) is 0 Å². The molecule has 0 radical (unpaired) electrons. The SMILES string of the molecule is OCCN1CCc2cc(O)c(O)cc2C(c2ccccc2)C1. The maximum absolute atomic E-state index is 9.90. The predicted molar refractivity (Wildman–Crippen MR) is 85.3 cm³/mol. The van der Waals surface area contributed by atoms with Crippen molar-refractivity contribution in [1.82, 2.24) is 4.90 Å². The number of β-amino-alcohol motifs (C(OH)–C–C–N with tert-alkyl or cyclic N) is 1. The van der Waals surface area contributed by atoms with Crippen molar-refractivity contribution in [2.45, 2.75) is 12.3 Å². The van der Waals surface area contributed by atoms with Crippen LogP contribution in [0.4, 0.5) is 0 Å². The first-order valence-corrected chi connectivity index (χ1v) is 7.62. The average molecular weight is 299 g/mol. The second-order valence-corrected chi connectivity index (χ2v) is 5.78. The van der Waals surface area contributed by atoms with Crippen LogP contribution < -0.4 is 0 Å². The number of phenols is 2. The molecule has 1 unspecified atom stereocenters. The highest BCUT2D eigenvalue weighted by molar-refractivity contribution is 5.50. The van der Waals surface area contributed by atoms with Crippen LogP contribution in [0.3, 0.4) is 0 Å². The van der Waals surface area contributed by atoms with E-state index in [2.05, 4.69) is 17.0 Å². The molecule has 3 N–H and O–H groups in total. The Morgan fingerprint density at radius 2 is 1.77 bits per heavy atom. The van der Waals surface area contributed by atoms with Gasteiger partial charge < -0.3 is 15.3 Å². The number of phenolic OH excluding ortho intramolecular Hbond substituents is 2. The van der Waals surface area contributed by atoms with E-state index in [4.69, 9.17) is 0 Å². The zero-order valence-corrected chi connectivity index (χ0v) is 12.4. The van der Waals surface area contributed by atoms with E-state index < -0.39 is 0 Å². The molecule has 2 aromatic rings. The first-order valence-electron chi connectivity index (χ1n) is 7.62. The summed E-state index contributed by atoms with van der Waals surface area (Å²) in [5.74, 6) is -0.0202. The first kappa shape index (κ1) is 14.9. The van der Waals surface area contributed by atoms with Crippen LogP contribution in [0, 0.1) is 0 Å². The van der Waals surface area contributed by atoms with Gasteiger partial charge in [-0.2, -0.15) is 0 Å². The highest BCUT2D eigenvalue weighted by Gasteiger charge is 2.25.